The summed E-state index contributed by atoms with van der Waals surface area (Å²) in [6.07, 6.45) is 3.18. The standard InChI is InChI=1S/C24H20N2O4/c1-15-7-9-17(10-8-15)26-21(16-11-13-25-14-12-16)20(23(28)24(26)29)22(27)18-5-3-4-6-19(18)30-2/h3-14,21,27H,1-2H3/b22-20-. The predicted octanol–water partition coefficient (Wildman–Crippen LogP) is 4.02. The summed E-state index contributed by atoms with van der Waals surface area (Å²) in [7, 11) is 1.48. The topological polar surface area (TPSA) is 79.7 Å². The molecule has 6 heteroatoms. The van der Waals surface area contributed by atoms with Gasteiger partial charge in [-0.2, -0.15) is 0 Å². The Morgan fingerprint density at radius 3 is 2.33 bits per heavy atom. The van der Waals surface area contributed by atoms with E-state index in [1.54, 1.807) is 60.9 Å². The highest BCUT2D eigenvalue weighted by atomic mass is 16.5. The van der Waals surface area contributed by atoms with Crippen LogP contribution in [0.4, 0.5) is 5.69 Å². The van der Waals surface area contributed by atoms with E-state index in [1.807, 2.05) is 19.1 Å². The maximum atomic E-state index is 13.1. The van der Waals surface area contributed by atoms with Gasteiger partial charge in [0.05, 0.1) is 24.3 Å². The van der Waals surface area contributed by atoms with Crippen LogP contribution >= 0.6 is 0 Å². The Labute approximate surface area is 174 Å². The molecule has 0 radical (unpaired) electrons. The quantitative estimate of drug-likeness (QED) is 0.406. The van der Waals surface area contributed by atoms with Gasteiger partial charge in [0.15, 0.2) is 0 Å². The van der Waals surface area contributed by atoms with Crippen LogP contribution in [0, 0.1) is 6.92 Å². The predicted molar refractivity (Wildman–Crippen MR) is 113 cm³/mol. The van der Waals surface area contributed by atoms with Crippen molar-refractivity contribution in [2.75, 3.05) is 12.0 Å². The number of hydrogen-bond donors (Lipinski definition) is 1. The second-order valence-corrected chi connectivity index (χ2v) is 6.99. The lowest BCUT2D eigenvalue weighted by molar-refractivity contribution is -0.132. The molecule has 1 N–H and O–H groups in total. The van der Waals surface area contributed by atoms with Crippen molar-refractivity contribution in [3.8, 4) is 5.75 Å². The van der Waals surface area contributed by atoms with Gasteiger partial charge < -0.3 is 9.84 Å². The van der Waals surface area contributed by atoms with Gasteiger partial charge >= 0.3 is 0 Å². The molecule has 0 saturated carbocycles. The summed E-state index contributed by atoms with van der Waals surface area (Å²) >= 11 is 0. The molecule has 150 valence electrons. The zero-order valence-electron chi connectivity index (χ0n) is 16.6. The van der Waals surface area contributed by atoms with Gasteiger partial charge in [-0.05, 0) is 48.9 Å². The summed E-state index contributed by atoms with van der Waals surface area (Å²) in [5, 5.41) is 11.1. The first kappa shape index (κ1) is 19.4. The Morgan fingerprint density at radius 1 is 1.00 bits per heavy atom. The molecule has 1 aromatic heterocycles. The van der Waals surface area contributed by atoms with Crippen LogP contribution in [-0.2, 0) is 9.59 Å². The number of para-hydroxylation sites is 1. The molecule has 2 heterocycles. The minimum absolute atomic E-state index is 0.0104. The minimum Gasteiger partial charge on any atom is -0.507 e. The molecule has 30 heavy (non-hydrogen) atoms. The first-order valence-corrected chi connectivity index (χ1v) is 9.44. The van der Waals surface area contributed by atoms with E-state index in [-0.39, 0.29) is 11.3 Å². The average Bonchev–Trinajstić information content (AvgIpc) is 3.05. The molecule has 0 spiro atoms. The second-order valence-electron chi connectivity index (χ2n) is 6.99. The number of nitrogens with zero attached hydrogens (tertiary/aromatic N) is 2. The van der Waals surface area contributed by atoms with Gasteiger partial charge in [0.1, 0.15) is 11.5 Å². The van der Waals surface area contributed by atoms with Crippen molar-refractivity contribution < 1.29 is 19.4 Å². The van der Waals surface area contributed by atoms with Crippen LogP contribution in [0.1, 0.15) is 22.7 Å². The number of aromatic nitrogens is 1. The van der Waals surface area contributed by atoms with Crippen molar-refractivity contribution in [2.24, 2.45) is 0 Å². The summed E-state index contributed by atoms with van der Waals surface area (Å²) < 4.78 is 5.34. The van der Waals surface area contributed by atoms with Crippen LogP contribution < -0.4 is 9.64 Å². The molecule has 2 aromatic carbocycles. The molecule has 1 amide bonds. The first-order valence-electron chi connectivity index (χ1n) is 9.44. The van der Waals surface area contributed by atoms with Gasteiger partial charge in [0.25, 0.3) is 11.7 Å². The van der Waals surface area contributed by atoms with E-state index in [0.717, 1.165) is 5.56 Å². The summed E-state index contributed by atoms with van der Waals surface area (Å²) in [6, 6.07) is 16.8. The number of carbonyl (C=O) groups excluding carboxylic acids is 2. The molecule has 0 bridgehead atoms. The van der Waals surface area contributed by atoms with E-state index >= 15 is 0 Å². The van der Waals surface area contributed by atoms with Crippen molar-refractivity contribution in [3.63, 3.8) is 0 Å². The summed E-state index contributed by atoms with van der Waals surface area (Å²) in [6.45, 7) is 1.94. The highest BCUT2D eigenvalue weighted by molar-refractivity contribution is 6.51. The molecule has 3 aromatic rings. The lowest BCUT2D eigenvalue weighted by Crippen LogP contribution is -2.29. The average molecular weight is 400 g/mol. The molecular formula is C24H20N2O4. The molecule has 4 rings (SSSR count). The zero-order valence-corrected chi connectivity index (χ0v) is 16.6. The number of hydrogen-bond acceptors (Lipinski definition) is 5. The van der Waals surface area contributed by atoms with Crippen molar-refractivity contribution >= 4 is 23.1 Å². The summed E-state index contributed by atoms with van der Waals surface area (Å²) in [5.41, 5.74) is 2.63. The maximum Gasteiger partial charge on any atom is 0.300 e. The number of Topliss-reactive ketones (excluding diaryl/α,β-unsaturated/α-hetero) is 1. The number of ketones is 1. The third kappa shape index (κ3) is 3.22. The van der Waals surface area contributed by atoms with E-state index in [9.17, 15) is 14.7 Å². The van der Waals surface area contributed by atoms with Crippen molar-refractivity contribution in [1.82, 2.24) is 4.98 Å². The van der Waals surface area contributed by atoms with Gasteiger partial charge in [0, 0.05) is 18.1 Å². The van der Waals surface area contributed by atoms with Crippen LogP contribution in [0.25, 0.3) is 5.76 Å². The number of aliphatic hydroxyl groups is 1. The fourth-order valence-corrected chi connectivity index (χ4v) is 3.65. The number of benzene rings is 2. The SMILES string of the molecule is COc1ccccc1/C(O)=C1/C(=O)C(=O)N(c2ccc(C)cc2)C1c1ccncc1. The molecular weight excluding hydrogens is 380 g/mol. The van der Waals surface area contributed by atoms with Gasteiger partial charge in [-0.1, -0.05) is 29.8 Å². The van der Waals surface area contributed by atoms with Gasteiger partial charge in [0.2, 0.25) is 0 Å². The molecule has 1 atom stereocenters. The molecule has 1 unspecified atom stereocenters. The number of carbonyl (C=O) groups is 2. The van der Waals surface area contributed by atoms with Crippen LogP contribution in [0.3, 0.4) is 0 Å². The highest BCUT2D eigenvalue weighted by Crippen LogP contribution is 2.43. The number of ether oxygens (including phenoxy) is 1. The minimum atomic E-state index is -0.791. The number of anilines is 1. The fraction of sp³-hybridized carbons (Fsp3) is 0.125. The van der Waals surface area contributed by atoms with E-state index in [4.69, 9.17) is 4.74 Å². The molecule has 1 aliphatic rings. The number of rotatable bonds is 4. The second kappa shape index (κ2) is 7.83. The monoisotopic (exact) mass is 400 g/mol. The Hall–Kier alpha value is -3.93. The van der Waals surface area contributed by atoms with Crippen molar-refractivity contribution in [3.05, 3.63) is 95.3 Å². The Bertz CT molecular complexity index is 1140. The van der Waals surface area contributed by atoms with Gasteiger partial charge in [-0.15, -0.1) is 0 Å². The lowest BCUT2D eigenvalue weighted by Gasteiger charge is -2.25. The smallest absolute Gasteiger partial charge is 0.300 e. The van der Waals surface area contributed by atoms with E-state index in [0.29, 0.717) is 22.6 Å². The van der Waals surface area contributed by atoms with Crippen LogP contribution in [0.2, 0.25) is 0 Å². The third-order valence-corrected chi connectivity index (χ3v) is 5.14. The Balaban J connectivity index is 1.96. The van der Waals surface area contributed by atoms with E-state index in [2.05, 4.69) is 4.98 Å². The van der Waals surface area contributed by atoms with Crippen molar-refractivity contribution in [1.29, 1.82) is 0 Å². The number of aliphatic hydroxyl groups excluding tert-OH is 1. The van der Waals surface area contributed by atoms with Gasteiger partial charge in [-0.3, -0.25) is 19.5 Å². The fourth-order valence-electron chi connectivity index (χ4n) is 3.65. The van der Waals surface area contributed by atoms with Crippen LogP contribution in [-0.4, -0.2) is 28.9 Å². The van der Waals surface area contributed by atoms with Gasteiger partial charge in [-0.25, -0.2) is 0 Å². The highest BCUT2D eigenvalue weighted by Gasteiger charge is 2.47. The Kier molecular flexibility index (Phi) is 5.06. The number of methoxy groups -OCH3 is 1. The molecule has 1 saturated heterocycles. The number of amides is 1. The molecule has 1 aliphatic heterocycles. The maximum absolute atomic E-state index is 13.1. The largest absolute Gasteiger partial charge is 0.507 e. The normalized spacial score (nSPS) is 17.9. The number of pyridine rings is 1. The third-order valence-electron chi connectivity index (χ3n) is 5.14. The molecule has 6 nitrogen and oxygen atoms in total. The van der Waals surface area contributed by atoms with Crippen LogP contribution in [0.15, 0.2) is 78.6 Å². The van der Waals surface area contributed by atoms with Crippen molar-refractivity contribution in [2.45, 2.75) is 13.0 Å². The molecule has 0 aliphatic carbocycles. The zero-order chi connectivity index (χ0) is 21.3. The lowest BCUT2D eigenvalue weighted by atomic mass is 9.95. The Morgan fingerprint density at radius 2 is 1.67 bits per heavy atom. The van der Waals surface area contributed by atoms with Crippen LogP contribution in [0.5, 0.6) is 5.75 Å². The first-order chi connectivity index (χ1) is 14.5. The summed E-state index contributed by atoms with van der Waals surface area (Å²) in [5.74, 6) is -1.31. The van der Waals surface area contributed by atoms with E-state index < -0.39 is 17.7 Å². The summed E-state index contributed by atoms with van der Waals surface area (Å²) in [4.78, 5) is 31.6. The molecule has 1 fully saturated rings. The number of aryl methyl sites for hydroxylation is 1. The van der Waals surface area contributed by atoms with E-state index in [1.165, 1.54) is 12.0 Å².